The van der Waals surface area contributed by atoms with E-state index in [0.717, 1.165) is 12.1 Å². The molecule has 0 spiro atoms. The lowest BCUT2D eigenvalue weighted by Gasteiger charge is -2.56. The van der Waals surface area contributed by atoms with Crippen LogP contribution in [0.1, 0.15) is 32.1 Å². The molecule has 3 aliphatic carbocycles. The van der Waals surface area contributed by atoms with Gasteiger partial charge in [-0.25, -0.2) is 8.78 Å². The van der Waals surface area contributed by atoms with Gasteiger partial charge in [-0.2, -0.15) is 0 Å². The van der Waals surface area contributed by atoms with E-state index in [1.807, 2.05) is 0 Å². The number of benzene rings is 2. The third-order valence-electron chi connectivity index (χ3n) is 6.64. The highest BCUT2D eigenvalue weighted by Crippen LogP contribution is 2.47. The van der Waals surface area contributed by atoms with Crippen LogP contribution >= 0.6 is 23.2 Å². The van der Waals surface area contributed by atoms with Gasteiger partial charge in [0.2, 0.25) is 0 Å². The van der Waals surface area contributed by atoms with E-state index >= 15 is 0 Å². The summed E-state index contributed by atoms with van der Waals surface area (Å²) in [6.07, 6.45) is 1.40. The number of fused-ring (bicyclic) bond motifs is 3. The van der Waals surface area contributed by atoms with Gasteiger partial charge in [0.15, 0.2) is 13.2 Å². The topological polar surface area (TPSA) is 96.9 Å². The van der Waals surface area contributed by atoms with E-state index in [0.29, 0.717) is 25.7 Å². The zero-order valence-electron chi connectivity index (χ0n) is 18.6. The molecule has 3 fully saturated rings. The van der Waals surface area contributed by atoms with Crippen LogP contribution in [0, 0.1) is 11.6 Å². The number of carbonyl (C=O) groups is 2. The SMILES string of the molecule is O=C(COc1ccc(Cl)c(F)c1)NC12CCC(NC(=O)COc3ccc(Cl)c(F)c3)(CC1)C(O)C2. The minimum absolute atomic E-state index is 0.0416. The van der Waals surface area contributed by atoms with Crippen molar-refractivity contribution in [3.63, 3.8) is 0 Å². The molecule has 1 atom stereocenters. The first kappa shape index (κ1) is 25.5. The molecule has 3 saturated carbocycles. The van der Waals surface area contributed by atoms with Crippen molar-refractivity contribution < 1.29 is 33.0 Å². The van der Waals surface area contributed by atoms with Crippen molar-refractivity contribution in [3.05, 3.63) is 58.1 Å². The third kappa shape index (κ3) is 5.79. The predicted octanol–water partition coefficient (Wildman–Crippen LogP) is 3.78. The second-order valence-electron chi connectivity index (χ2n) is 8.98. The predicted molar refractivity (Wildman–Crippen MR) is 125 cm³/mol. The molecule has 0 aromatic heterocycles. The van der Waals surface area contributed by atoms with Gasteiger partial charge >= 0.3 is 0 Å². The van der Waals surface area contributed by atoms with Gasteiger partial charge in [-0.1, -0.05) is 23.2 Å². The molecule has 3 aliphatic rings. The van der Waals surface area contributed by atoms with Crippen LogP contribution in [-0.2, 0) is 9.59 Å². The normalized spacial score (nSPS) is 25.1. The maximum atomic E-state index is 13.5. The van der Waals surface area contributed by atoms with Gasteiger partial charge in [-0.05, 0) is 56.4 Å². The van der Waals surface area contributed by atoms with Crippen LogP contribution in [0.3, 0.4) is 0 Å². The number of ether oxygens (including phenoxy) is 2. The molecule has 35 heavy (non-hydrogen) atoms. The summed E-state index contributed by atoms with van der Waals surface area (Å²) in [6, 6.07) is 7.79. The molecule has 2 aromatic carbocycles. The van der Waals surface area contributed by atoms with E-state index in [1.54, 1.807) is 0 Å². The molecule has 2 bridgehead atoms. The molecule has 3 N–H and O–H groups in total. The summed E-state index contributed by atoms with van der Waals surface area (Å²) in [5, 5.41) is 16.6. The smallest absolute Gasteiger partial charge is 0.258 e. The van der Waals surface area contributed by atoms with Gasteiger partial charge < -0.3 is 25.2 Å². The number of amides is 2. The quantitative estimate of drug-likeness (QED) is 0.484. The fraction of sp³-hybridized carbons (Fsp3) is 0.417. The monoisotopic (exact) mass is 528 g/mol. The minimum Gasteiger partial charge on any atom is -0.484 e. The molecule has 2 aromatic rings. The van der Waals surface area contributed by atoms with E-state index in [4.69, 9.17) is 32.7 Å². The summed E-state index contributed by atoms with van der Waals surface area (Å²) in [5.74, 6) is -1.79. The van der Waals surface area contributed by atoms with Crippen LogP contribution in [0.15, 0.2) is 36.4 Å². The molecule has 0 saturated heterocycles. The molecule has 188 valence electrons. The minimum atomic E-state index is -0.881. The van der Waals surface area contributed by atoms with Crippen molar-refractivity contribution in [1.82, 2.24) is 10.6 Å². The Morgan fingerprint density at radius 2 is 1.37 bits per heavy atom. The highest BCUT2D eigenvalue weighted by atomic mass is 35.5. The third-order valence-corrected chi connectivity index (χ3v) is 7.25. The fourth-order valence-electron chi connectivity index (χ4n) is 4.74. The Hall–Kier alpha value is -2.62. The van der Waals surface area contributed by atoms with Crippen molar-refractivity contribution in [2.45, 2.75) is 49.3 Å². The molecule has 1 unspecified atom stereocenters. The number of hydrogen-bond acceptors (Lipinski definition) is 5. The second-order valence-corrected chi connectivity index (χ2v) is 9.80. The van der Waals surface area contributed by atoms with Crippen molar-refractivity contribution in [1.29, 1.82) is 0 Å². The zero-order valence-corrected chi connectivity index (χ0v) is 20.1. The number of halogens is 4. The van der Waals surface area contributed by atoms with Crippen LogP contribution in [0.25, 0.3) is 0 Å². The first-order chi connectivity index (χ1) is 16.6. The van der Waals surface area contributed by atoms with Gasteiger partial charge in [-0.3, -0.25) is 9.59 Å². The van der Waals surface area contributed by atoms with Crippen LogP contribution in [0.5, 0.6) is 11.5 Å². The summed E-state index contributed by atoms with van der Waals surface area (Å²) in [4.78, 5) is 25.0. The van der Waals surface area contributed by atoms with E-state index in [2.05, 4.69) is 10.6 Å². The second kappa shape index (κ2) is 10.2. The van der Waals surface area contributed by atoms with Crippen molar-refractivity contribution in [3.8, 4) is 11.5 Å². The van der Waals surface area contributed by atoms with Crippen molar-refractivity contribution in [2.75, 3.05) is 13.2 Å². The summed E-state index contributed by atoms with van der Waals surface area (Å²) in [6.45, 7) is -0.663. The number of carbonyl (C=O) groups excluding carboxylic acids is 2. The average molecular weight is 529 g/mol. The van der Waals surface area contributed by atoms with Gasteiger partial charge in [0.25, 0.3) is 11.8 Å². The molecule has 2 amide bonds. The molecular weight excluding hydrogens is 505 g/mol. The average Bonchev–Trinajstić information content (AvgIpc) is 2.82. The highest BCUT2D eigenvalue weighted by molar-refractivity contribution is 6.31. The lowest BCUT2D eigenvalue weighted by atomic mass is 9.60. The Morgan fingerprint density at radius 1 is 0.886 bits per heavy atom. The van der Waals surface area contributed by atoms with Crippen molar-refractivity contribution >= 4 is 35.0 Å². The number of hydrogen-bond donors (Lipinski definition) is 3. The van der Waals surface area contributed by atoms with Gasteiger partial charge in [0.05, 0.1) is 21.7 Å². The van der Waals surface area contributed by atoms with Crippen LogP contribution in [0.4, 0.5) is 8.78 Å². The standard InChI is InChI=1S/C24H24Cl2F2N2O5/c25-16-3-1-14(9-18(16)27)34-12-21(32)29-23-5-7-24(8-6-23,20(31)11-23)30-22(33)13-35-15-2-4-17(26)19(28)10-15/h1-4,9-10,20,31H,5-8,11-13H2,(H,29,32)(H,30,33). The molecular formula is C24H24Cl2F2N2O5. The number of aliphatic hydroxyl groups excluding tert-OH is 1. The largest absolute Gasteiger partial charge is 0.484 e. The molecule has 0 aliphatic heterocycles. The summed E-state index contributed by atoms with van der Waals surface area (Å²) >= 11 is 11.3. The number of aliphatic hydroxyl groups is 1. The maximum Gasteiger partial charge on any atom is 0.258 e. The maximum absolute atomic E-state index is 13.5. The Labute approximate surface area is 210 Å². The lowest BCUT2D eigenvalue weighted by Crippen LogP contribution is -2.70. The fourth-order valence-corrected chi connectivity index (χ4v) is 4.97. The lowest BCUT2D eigenvalue weighted by molar-refractivity contribution is -0.137. The molecule has 11 heteroatoms. The van der Waals surface area contributed by atoms with Crippen LogP contribution in [0.2, 0.25) is 10.0 Å². The van der Waals surface area contributed by atoms with Crippen LogP contribution < -0.4 is 20.1 Å². The summed E-state index contributed by atoms with van der Waals surface area (Å²) < 4.78 is 37.8. The van der Waals surface area contributed by atoms with Gasteiger partial charge in [-0.15, -0.1) is 0 Å². The van der Waals surface area contributed by atoms with E-state index < -0.39 is 40.6 Å². The van der Waals surface area contributed by atoms with E-state index in [9.17, 15) is 23.5 Å². The number of nitrogens with one attached hydrogen (secondary N) is 2. The Kier molecular flexibility index (Phi) is 7.40. The Balaban J connectivity index is 1.28. The van der Waals surface area contributed by atoms with E-state index in [-0.39, 0.29) is 41.2 Å². The first-order valence-corrected chi connectivity index (χ1v) is 11.8. The summed E-state index contributed by atoms with van der Waals surface area (Å²) in [7, 11) is 0. The molecule has 5 rings (SSSR count). The van der Waals surface area contributed by atoms with E-state index in [1.165, 1.54) is 24.3 Å². The van der Waals surface area contributed by atoms with Crippen molar-refractivity contribution in [2.24, 2.45) is 0 Å². The highest BCUT2D eigenvalue weighted by Gasteiger charge is 2.55. The van der Waals surface area contributed by atoms with Gasteiger partial charge in [0.1, 0.15) is 23.1 Å². The molecule has 0 radical (unpaired) electrons. The van der Waals surface area contributed by atoms with Gasteiger partial charge in [0, 0.05) is 17.7 Å². The summed E-state index contributed by atoms with van der Waals surface area (Å²) in [5.41, 5.74) is -1.44. The Morgan fingerprint density at radius 3 is 1.83 bits per heavy atom. The number of rotatable bonds is 8. The Bertz CT molecular complexity index is 1130. The molecule has 0 heterocycles. The molecule has 7 nitrogen and oxygen atoms in total. The first-order valence-electron chi connectivity index (χ1n) is 11.1. The zero-order chi connectivity index (χ0) is 25.2. The van der Waals surface area contributed by atoms with Crippen LogP contribution in [-0.4, -0.2) is 47.3 Å².